The summed E-state index contributed by atoms with van der Waals surface area (Å²) in [6.07, 6.45) is 12.2. The van der Waals surface area contributed by atoms with Crippen molar-refractivity contribution < 1.29 is 29.0 Å². The lowest BCUT2D eigenvalue weighted by Crippen LogP contribution is -2.66. The van der Waals surface area contributed by atoms with Gasteiger partial charge in [0.15, 0.2) is 5.78 Å². The van der Waals surface area contributed by atoms with E-state index in [9.17, 15) is 19.5 Å². The van der Waals surface area contributed by atoms with Crippen molar-refractivity contribution in [2.45, 2.75) is 164 Å². The number of allylic oxidation sites excluding steroid dienone is 1. The molecule has 61 heavy (non-hydrogen) atoms. The van der Waals surface area contributed by atoms with E-state index in [1.807, 2.05) is 44.2 Å². The molecule has 334 valence electrons. The van der Waals surface area contributed by atoms with Gasteiger partial charge in [-0.25, -0.2) is 0 Å². The van der Waals surface area contributed by atoms with Gasteiger partial charge in [0.05, 0.1) is 16.7 Å². The summed E-state index contributed by atoms with van der Waals surface area (Å²) >= 11 is 0. The maximum Gasteiger partial charge on any atom is 0.310 e. The first-order valence-electron chi connectivity index (χ1n) is 24.5. The third-order valence-electron chi connectivity index (χ3n) is 20.8. The third-order valence-corrected chi connectivity index (χ3v) is 20.8. The van der Waals surface area contributed by atoms with Crippen LogP contribution in [0.15, 0.2) is 41.5 Å². The van der Waals surface area contributed by atoms with E-state index in [1.165, 1.54) is 18.4 Å². The molecule has 7 fully saturated rings. The molecule has 2 saturated heterocycles. The lowest BCUT2D eigenvalue weighted by Gasteiger charge is -2.72. The van der Waals surface area contributed by atoms with Gasteiger partial charge >= 0.3 is 11.9 Å². The predicted molar refractivity (Wildman–Crippen MR) is 237 cm³/mol. The molecule has 6 aliphatic carbocycles. The van der Waals surface area contributed by atoms with Crippen LogP contribution in [-0.2, 0) is 30.3 Å². The molecule has 0 spiro atoms. The summed E-state index contributed by atoms with van der Waals surface area (Å²) in [5.41, 5.74) is 0.596. The second kappa shape index (κ2) is 14.5. The van der Waals surface area contributed by atoms with Gasteiger partial charge in [-0.15, -0.1) is 0 Å². The van der Waals surface area contributed by atoms with Crippen LogP contribution in [0.25, 0.3) is 0 Å². The number of ether oxygens (including phenoxy) is 1. The van der Waals surface area contributed by atoms with Crippen LogP contribution in [0.3, 0.4) is 0 Å². The number of fused-ring (bicyclic) bond motifs is 7. The SMILES string of the molecule is CC(C)C1=C2[C@H]3CC[C@@H]4[C@@]5(C)CC[C@H](OC(=O)[C@H]6C[C@](Cc7ccccc7)(C(=O)O)C6(C)C)C(C)(C)[C@@H]5CC[C@@]4(C)[C@]3(C)CC[C@@]2(C(=O)N2CC[C@@H](N3CCCC3)C2)CC1=O. The average Bonchev–Trinajstić information content (AvgIpc) is 3.97. The lowest BCUT2D eigenvalue weighted by atomic mass is 9.33. The molecule has 1 aromatic carbocycles. The van der Waals surface area contributed by atoms with Crippen LogP contribution >= 0.6 is 0 Å². The van der Waals surface area contributed by atoms with Crippen LogP contribution in [0.5, 0.6) is 0 Å². The quantitative estimate of drug-likeness (QED) is 0.260. The van der Waals surface area contributed by atoms with E-state index in [4.69, 9.17) is 4.74 Å². The Morgan fingerprint density at radius 2 is 1.52 bits per heavy atom. The van der Waals surface area contributed by atoms with Crippen molar-refractivity contribution in [1.82, 2.24) is 9.80 Å². The molecule has 8 aliphatic rings. The van der Waals surface area contributed by atoms with Crippen molar-refractivity contribution in [3.63, 3.8) is 0 Å². The lowest BCUT2D eigenvalue weighted by molar-refractivity contribution is -0.239. The molecule has 2 heterocycles. The Balaban J connectivity index is 0.945. The molecule has 1 aromatic rings. The summed E-state index contributed by atoms with van der Waals surface area (Å²) in [6, 6.07) is 10.2. The van der Waals surface area contributed by atoms with E-state index < -0.39 is 28.1 Å². The van der Waals surface area contributed by atoms with Gasteiger partial charge in [-0.3, -0.25) is 24.1 Å². The van der Waals surface area contributed by atoms with E-state index in [2.05, 4.69) is 58.3 Å². The molecule has 9 rings (SSSR count). The van der Waals surface area contributed by atoms with Gasteiger partial charge < -0.3 is 14.7 Å². The normalized spacial score (nSPS) is 42.7. The molecule has 5 saturated carbocycles. The van der Waals surface area contributed by atoms with Crippen molar-refractivity contribution >= 4 is 23.6 Å². The zero-order valence-electron chi connectivity index (χ0n) is 39.0. The smallest absolute Gasteiger partial charge is 0.310 e. The number of carboxylic acids is 1. The minimum absolute atomic E-state index is 0.0312. The minimum atomic E-state index is -1.02. The maximum atomic E-state index is 15.1. The molecule has 0 aromatic heterocycles. The highest BCUT2D eigenvalue weighted by atomic mass is 16.5. The minimum Gasteiger partial charge on any atom is -0.481 e. The number of Topliss-reactive ketones (excluding diaryl/α,β-unsaturated/α-hetero) is 1. The number of amides is 1. The average molecular weight is 837 g/mol. The molecular formula is C53H76N2O6. The van der Waals surface area contributed by atoms with Crippen LogP contribution in [-0.4, -0.2) is 76.9 Å². The van der Waals surface area contributed by atoms with Crippen LogP contribution < -0.4 is 0 Å². The molecule has 0 radical (unpaired) electrons. The largest absolute Gasteiger partial charge is 0.481 e. The molecule has 1 amide bonds. The molecule has 0 bridgehead atoms. The highest BCUT2D eigenvalue weighted by Gasteiger charge is 2.72. The summed E-state index contributed by atoms with van der Waals surface area (Å²) in [5, 5.41) is 10.6. The van der Waals surface area contributed by atoms with Crippen LogP contribution in [0.1, 0.15) is 151 Å². The number of nitrogens with zero attached hydrogens (tertiary/aromatic N) is 2. The van der Waals surface area contributed by atoms with Crippen molar-refractivity contribution in [2.24, 2.45) is 67.5 Å². The Morgan fingerprint density at radius 3 is 2.18 bits per heavy atom. The molecular weight excluding hydrogens is 761 g/mol. The van der Waals surface area contributed by atoms with Crippen LogP contribution in [0.4, 0.5) is 0 Å². The van der Waals surface area contributed by atoms with Crippen LogP contribution in [0.2, 0.25) is 0 Å². The number of carboxylic acid groups (broad SMARTS) is 1. The van der Waals surface area contributed by atoms with Crippen LogP contribution in [0, 0.1) is 67.5 Å². The summed E-state index contributed by atoms with van der Waals surface area (Å²) in [6.45, 7) is 24.5. The Morgan fingerprint density at radius 1 is 0.820 bits per heavy atom. The number of esters is 1. The number of carbonyl (C=O) groups excluding carboxylic acids is 3. The Kier molecular flexibility index (Phi) is 10.3. The fourth-order valence-electron chi connectivity index (χ4n) is 17.0. The molecule has 0 unspecified atom stereocenters. The Labute approximate surface area is 366 Å². The standard InChI is InChI=1S/C53H76N2O6/c1-33(2)42-38(56)31-52(45(58)55-28-21-35(32-55)54-26-13-14-27-54)25-24-50(8)36(43(42)52)17-18-40-49(7)22-20-41(47(3,4)39(49)19-23-51(40,50)9)61-44(57)37-30-53(46(59)60,48(37,5)6)29-34-15-11-10-12-16-34/h10-12,15-16,33,35-37,39-41H,13-14,17-32H2,1-9H3,(H,59,60)/t35-,36-,37-,39+,40-,41+,49+,50-,51-,52-,53-/m1/s1. The second-order valence-corrected chi connectivity index (χ2v) is 24.0. The highest BCUT2D eigenvalue weighted by molar-refractivity contribution is 6.07. The highest BCUT2D eigenvalue weighted by Crippen LogP contribution is 2.77. The summed E-state index contributed by atoms with van der Waals surface area (Å²) in [5.74, 6) is 0.134. The van der Waals surface area contributed by atoms with Gasteiger partial charge in [-0.2, -0.15) is 0 Å². The topological polar surface area (TPSA) is 104 Å². The van der Waals surface area contributed by atoms with Gasteiger partial charge in [0.1, 0.15) is 6.10 Å². The fraction of sp³-hybridized carbons (Fsp3) is 0.774. The van der Waals surface area contributed by atoms with E-state index in [1.54, 1.807) is 0 Å². The number of hydrogen-bond donors (Lipinski definition) is 1. The van der Waals surface area contributed by atoms with E-state index in [-0.39, 0.29) is 57.3 Å². The molecule has 8 nitrogen and oxygen atoms in total. The van der Waals surface area contributed by atoms with Crippen molar-refractivity contribution in [3.05, 3.63) is 47.0 Å². The van der Waals surface area contributed by atoms with Crippen molar-refractivity contribution in [1.29, 1.82) is 0 Å². The Bertz CT molecular complexity index is 2000. The number of ketones is 1. The first-order chi connectivity index (χ1) is 28.7. The number of carbonyl (C=O) groups is 4. The first-order valence-corrected chi connectivity index (χ1v) is 24.5. The van der Waals surface area contributed by atoms with Gasteiger partial charge in [0.25, 0.3) is 0 Å². The number of hydrogen-bond acceptors (Lipinski definition) is 6. The van der Waals surface area contributed by atoms with E-state index in [0.717, 1.165) is 95.1 Å². The monoisotopic (exact) mass is 837 g/mol. The molecule has 11 atom stereocenters. The predicted octanol–water partition coefficient (Wildman–Crippen LogP) is 9.94. The van der Waals surface area contributed by atoms with Gasteiger partial charge in [-0.05, 0) is 159 Å². The molecule has 2 aliphatic heterocycles. The summed E-state index contributed by atoms with van der Waals surface area (Å²) < 4.78 is 6.62. The second-order valence-electron chi connectivity index (χ2n) is 24.0. The molecule has 8 heteroatoms. The maximum absolute atomic E-state index is 15.1. The first kappa shape index (κ1) is 43.3. The number of benzene rings is 1. The number of likely N-dealkylation sites (tertiary alicyclic amines) is 2. The number of rotatable bonds is 8. The Hall–Kier alpha value is -3.00. The molecule has 1 N–H and O–H groups in total. The van der Waals surface area contributed by atoms with Crippen molar-refractivity contribution in [3.8, 4) is 0 Å². The van der Waals surface area contributed by atoms with E-state index in [0.29, 0.717) is 37.1 Å². The van der Waals surface area contributed by atoms with Gasteiger partial charge in [0, 0.05) is 31.0 Å². The number of aliphatic carboxylic acids is 1. The van der Waals surface area contributed by atoms with Gasteiger partial charge in [-0.1, -0.05) is 92.6 Å². The zero-order valence-corrected chi connectivity index (χ0v) is 39.0. The van der Waals surface area contributed by atoms with E-state index >= 15 is 4.79 Å². The van der Waals surface area contributed by atoms with Gasteiger partial charge in [0.2, 0.25) is 5.91 Å². The summed E-state index contributed by atoms with van der Waals surface area (Å²) in [7, 11) is 0. The fourth-order valence-corrected chi connectivity index (χ4v) is 17.0. The van der Waals surface area contributed by atoms with Crippen molar-refractivity contribution in [2.75, 3.05) is 26.2 Å². The zero-order chi connectivity index (χ0) is 43.7. The summed E-state index contributed by atoms with van der Waals surface area (Å²) in [4.78, 5) is 61.3. The third kappa shape index (κ3) is 5.97.